The first-order valence-electron chi connectivity index (χ1n) is 25.9. The summed E-state index contributed by atoms with van der Waals surface area (Å²) in [6.45, 7) is 0. The Morgan fingerprint density at radius 2 is 0.605 bits per heavy atom. The summed E-state index contributed by atoms with van der Waals surface area (Å²) < 4.78 is 21.1. The zero-order valence-corrected chi connectivity index (χ0v) is 42.4. The number of furan rings is 2. The molecule has 17 rings (SSSR count). The van der Waals surface area contributed by atoms with Crippen molar-refractivity contribution in [3.05, 3.63) is 300 Å². The molecular weight excluding hydrogens is 965 g/mol. The molecule has 0 saturated carbocycles. The highest BCUT2D eigenvalue weighted by atomic mass is 32.1. The quantitative estimate of drug-likeness (QED) is 0.176. The average Bonchev–Trinajstić information content (AvgIpc) is 4.45. The third-order valence-corrected chi connectivity index (χ3v) is 18.8. The summed E-state index contributed by atoms with van der Waals surface area (Å²) in [7, 11) is 0. The maximum absolute atomic E-state index is 8.03. The number of thiophene rings is 2. The van der Waals surface area contributed by atoms with Gasteiger partial charge in [0.2, 0.25) is 0 Å². The molecule has 356 valence electrons. The molecule has 6 heteroatoms. The summed E-state index contributed by atoms with van der Waals surface area (Å²) in [5.41, 5.74) is 13.1. The van der Waals surface area contributed by atoms with Crippen LogP contribution < -0.4 is 9.80 Å². The number of nitrogens with zero attached hydrogens (tertiary/aromatic N) is 2. The molecule has 2 aliphatic heterocycles. The van der Waals surface area contributed by atoms with Crippen LogP contribution in [0.4, 0.5) is 34.1 Å². The van der Waals surface area contributed by atoms with E-state index < -0.39 is 10.8 Å². The van der Waals surface area contributed by atoms with Gasteiger partial charge in [0.15, 0.2) is 0 Å². The molecule has 0 bridgehead atoms. The van der Waals surface area contributed by atoms with Gasteiger partial charge in [-0.05, 0) is 107 Å². The topological polar surface area (TPSA) is 32.8 Å². The number of hydrogen-bond donors (Lipinski definition) is 0. The highest BCUT2D eigenvalue weighted by molar-refractivity contribution is 7.26. The Morgan fingerprint density at radius 3 is 1.00 bits per heavy atom. The molecule has 0 saturated heterocycles. The van der Waals surface area contributed by atoms with E-state index in [1.807, 2.05) is 22.7 Å². The molecule has 0 unspecified atom stereocenters. The van der Waals surface area contributed by atoms with Crippen molar-refractivity contribution in [1.82, 2.24) is 0 Å². The molecule has 2 spiro atoms. The second-order valence-corrected chi connectivity index (χ2v) is 22.4. The van der Waals surface area contributed by atoms with Crippen LogP contribution in [0.25, 0.3) is 63.0 Å². The molecule has 0 atom stereocenters. The van der Waals surface area contributed by atoms with E-state index in [-0.39, 0.29) is 0 Å². The van der Waals surface area contributed by atoms with Crippen LogP contribution in [0.5, 0.6) is 0 Å². The number of anilines is 6. The zero-order chi connectivity index (χ0) is 49.7. The van der Waals surface area contributed by atoms with E-state index in [0.717, 1.165) is 102 Å². The fourth-order valence-electron chi connectivity index (χ4n) is 13.5. The fourth-order valence-corrected chi connectivity index (χ4v) is 15.7. The molecule has 4 aromatic heterocycles. The smallest absolute Gasteiger partial charge is 0.134 e. The number of benzene rings is 10. The minimum Gasteiger partial charge on any atom is -0.459 e. The van der Waals surface area contributed by atoms with Gasteiger partial charge in [0, 0.05) is 74.0 Å². The summed E-state index contributed by atoms with van der Waals surface area (Å²) in [5, 5.41) is 5.05. The van der Waals surface area contributed by atoms with E-state index in [0.29, 0.717) is 0 Å². The van der Waals surface area contributed by atoms with E-state index in [1.165, 1.54) is 40.3 Å². The standard InChI is InChI=1S/C70H42N2O2S2/c1-3-19-45(20-4-1)71-57-29-13-9-25-51(57)69(52-26-10-14-30-58(52)71)55-41-61(43-35-37-49-47-23-7-17-33-63(47)75-65(49)39-43)74-68(55)70(53-27-11-15-31-59(53)72(46-21-5-2-6-22-46)60-32-16-12-28-54(60)70)56-42-62(73-67(56)69)44-36-38-50-48-24-8-18-34-64(48)76-66(50)40-44/h1-42H. The normalized spacial score (nSPS) is 14.5. The molecule has 14 aromatic rings. The second-order valence-electron chi connectivity index (χ2n) is 20.2. The van der Waals surface area contributed by atoms with Gasteiger partial charge in [-0.15, -0.1) is 22.7 Å². The lowest BCUT2D eigenvalue weighted by Gasteiger charge is -2.52. The van der Waals surface area contributed by atoms with Gasteiger partial charge in [-0.1, -0.05) is 170 Å². The largest absolute Gasteiger partial charge is 0.459 e. The van der Waals surface area contributed by atoms with E-state index in [9.17, 15) is 0 Å². The van der Waals surface area contributed by atoms with Crippen molar-refractivity contribution < 1.29 is 8.83 Å². The maximum atomic E-state index is 8.03. The summed E-state index contributed by atoms with van der Waals surface area (Å²) in [6, 6.07) is 93.4. The molecule has 0 fully saturated rings. The predicted octanol–water partition coefficient (Wildman–Crippen LogP) is 19.6. The SMILES string of the molecule is c1ccc(N2c3ccccc3C3(c4ccccc42)c2cc(-c4ccc5c(c4)sc4ccccc45)oc2C2(c4ccccc4N(c4ccccc4)c4ccccc42)c2cc(-c4ccc5c(c4)sc4ccccc45)oc23)cc1. The van der Waals surface area contributed by atoms with Crippen molar-refractivity contribution in [1.29, 1.82) is 0 Å². The third kappa shape index (κ3) is 5.51. The molecule has 76 heavy (non-hydrogen) atoms. The van der Waals surface area contributed by atoms with Crippen LogP contribution >= 0.6 is 22.7 Å². The van der Waals surface area contributed by atoms with Gasteiger partial charge in [-0.3, -0.25) is 0 Å². The molecule has 0 radical (unpaired) electrons. The Kier molecular flexibility index (Phi) is 8.70. The number of hydrogen-bond acceptors (Lipinski definition) is 6. The van der Waals surface area contributed by atoms with Crippen LogP contribution in [0.2, 0.25) is 0 Å². The van der Waals surface area contributed by atoms with Gasteiger partial charge < -0.3 is 18.6 Å². The second kappa shape index (κ2) is 15.7. The van der Waals surface area contributed by atoms with Gasteiger partial charge in [-0.2, -0.15) is 0 Å². The lowest BCUT2D eigenvalue weighted by molar-refractivity contribution is 0.400. The van der Waals surface area contributed by atoms with Crippen molar-refractivity contribution in [3.63, 3.8) is 0 Å². The van der Waals surface area contributed by atoms with Crippen molar-refractivity contribution in [2.24, 2.45) is 0 Å². The van der Waals surface area contributed by atoms with E-state index in [1.54, 1.807) is 0 Å². The van der Waals surface area contributed by atoms with E-state index >= 15 is 0 Å². The van der Waals surface area contributed by atoms with Crippen LogP contribution in [-0.2, 0) is 10.8 Å². The number of rotatable bonds is 4. The summed E-state index contributed by atoms with van der Waals surface area (Å²) in [4.78, 5) is 4.86. The summed E-state index contributed by atoms with van der Waals surface area (Å²) >= 11 is 3.67. The molecule has 10 aromatic carbocycles. The monoisotopic (exact) mass is 1010 g/mol. The number of para-hydroxylation sites is 6. The van der Waals surface area contributed by atoms with Gasteiger partial charge in [0.25, 0.3) is 0 Å². The first-order chi connectivity index (χ1) is 37.7. The average molecular weight is 1010 g/mol. The molecule has 3 aliphatic rings. The first kappa shape index (κ1) is 42.2. The summed E-state index contributed by atoms with van der Waals surface area (Å²) in [5.74, 6) is 3.38. The van der Waals surface area contributed by atoms with E-state index in [2.05, 4.69) is 265 Å². The van der Waals surface area contributed by atoms with Crippen LogP contribution in [0, 0.1) is 0 Å². The minimum atomic E-state index is -1.00. The molecule has 0 N–H and O–H groups in total. The van der Waals surface area contributed by atoms with Gasteiger partial charge in [-0.25, -0.2) is 0 Å². The van der Waals surface area contributed by atoms with Crippen molar-refractivity contribution >= 4 is 97.1 Å². The highest BCUT2D eigenvalue weighted by Crippen LogP contribution is 2.69. The first-order valence-corrected chi connectivity index (χ1v) is 27.5. The molecule has 0 amide bonds. The van der Waals surface area contributed by atoms with Crippen LogP contribution in [0.1, 0.15) is 44.9 Å². The van der Waals surface area contributed by atoms with Gasteiger partial charge in [0.05, 0.1) is 22.7 Å². The predicted molar refractivity (Wildman–Crippen MR) is 314 cm³/mol. The van der Waals surface area contributed by atoms with Gasteiger partial charge in [0.1, 0.15) is 33.9 Å². The Bertz CT molecular complexity index is 4250. The Hall–Kier alpha value is -9.20. The zero-order valence-electron chi connectivity index (χ0n) is 40.8. The van der Waals surface area contributed by atoms with Gasteiger partial charge >= 0.3 is 0 Å². The maximum Gasteiger partial charge on any atom is 0.134 e. The number of fused-ring (bicyclic) bond motifs is 20. The molecule has 6 heterocycles. The van der Waals surface area contributed by atoms with E-state index in [4.69, 9.17) is 8.83 Å². The Morgan fingerprint density at radius 1 is 0.276 bits per heavy atom. The Balaban J connectivity index is 1.04. The molecule has 1 aliphatic carbocycles. The fraction of sp³-hybridized carbons (Fsp3) is 0.0286. The lowest BCUT2D eigenvalue weighted by Crippen LogP contribution is -2.48. The summed E-state index contributed by atoms with van der Waals surface area (Å²) in [6.07, 6.45) is 0. The van der Waals surface area contributed by atoms with Crippen LogP contribution in [0.3, 0.4) is 0 Å². The highest BCUT2D eigenvalue weighted by Gasteiger charge is 2.63. The Labute approximate surface area is 446 Å². The van der Waals surface area contributed by atoms with Crippen molar-refractivity contribution in [2.75, 3.05) is 9.80 Å². The molecular formula is C70H42N2O2S2. The molecule has 4 nitrogen and oxygen atoms in total. The van der Waals surface area contributed by atoms with Crippen LogP contribution in [-0.4, -0.2) is 0 Å². The third-order valence-electron chi connectivity index (χ3n) is 16.5. The van der Waals surface area contributed by atoms with Crippen molar-refractivity contribution in [2.45, 2.75) is 10.8 Å². The minimum absolute atomic E-state index is 0.810. The van der Waals surface area contributed by atoms with Crippen molar-refractivity contribution in [3.8, 4) is 22.6 Å². The lowest BCUT2D eigenvalue weighted by atomic mass is 9.53. The van der Waals surface area contributed by atoms with Crippen LogP contribution in [0.15, 0.2) is 264 Å².